The molecule has 0 bridgehead atoms. The third-order valence-electron chi connectivity index (χ3n) is 6.95. The summed E-state index contributed by atoms with van der Waals surface area (Å²) < 4.78 is 29.4. The van der Waals surface area contributed by atoms with Crippen molar-refractivity contribution < 1.29 is 13.3 Å². The Morgan fingerprint density at radius 2 is 1.64 bits per heavy atom. The standard InChI is InChI=1S/C32H29ClN4O4S/c33-28-12-11-24(31(21-28)25-8-4-10-29(19-25)37(38)39)9-5-14-34-16-17-36-42(40,41)32-20-26(23-6-2-1-3-7-23)18-27-22-35-15-13-30(27)32/h1-4,6-8,10-13,15,18-22,34,36H,5,9,14,16-17H2. The third kappa shape index (κ3) is 7.00. The smallest absolute Gasteiger partial charge is 0.270 e. The lowest BCUT2D eigenvalue weighted by Crippen LogP contribution is -2.32. The maximum absolute atomic E-state index is 13.4. The lowest BCUT2D eigenvalue weighted by molar-refractivity contribution is -0.384. The highest BCUT2D eigenvalue weighted by Gasteiger charge is 2.19. The Kier molecular flexibility index (Phi) is 9.24. The first kappa shape index (κ1) is 29.3. The quantitative estimate of drug-likeness (QED) is 0.0943. The molecule has 1 heterocycles. The molecule has 0 amide bonds. The molecule has 4 aromatic carbocycles. The highest BCUT2D eigenvalue weighted by atomic mass is 35.5. The molecule has 0 aliphatic heterocycles. The maximum atomic E-state index is 13.4. The number of hydrogen-bond acceptors (Lipinski definition) is 6. The van der Waals surface area contributed by atoms with Gasteiger partial charge in [-0.3, -0.25) is 15.1 Å². The second-order valence-corrected chi connectivity index (χ2v) is 12.0. The number of nitrogens with one attached hydrogen (secondary N) is 2. The Hall–Kier alpha value is -4.15. The molecular formula is C32H29ClN4O4S. The van der Waals surface area contributed by atoms with Gasteiger partial charge < -0.3 is 5.32 Å². The topological polar surface area (TPSA) is 114 Å². The van der Waals surface area contributed by atoms with E-state index in [0.717, 1.165) is 46.0 Å². The summed E-state index contributed by atoms with van der Waals surface area (Å²) in [6.07, 6.45) is 4.77. The number of aromatic nitrogens is 1. The number of halogens is 1. The average Bonchev–Trinajstić information content (AvgIpc) is 3.01. The van der Waals surface area contributed by atoms with Crippen molar-refractivity contribution in [3.8, 4) is 22.3 Å². The van der Waals surface area contributed by atoms with E-state index in [1.807, 2.05) is 60.7 Å². The number of rotatable bonds is 12. The second kappa shape index (κ2) is 13.2. The number of nitrogens with zero attached hydrogens (tertiary/aromatic N) is 2. The van der Waals surface area contributed by atoms with E-state index in [-0.39, 0.29) is 17.1 Å². The fourth-order valence-electron chi connectivity index (χ4n) is 4.90. The van der Waals surface area contributed by atoms with Gasteiger partial charge in [0.25, 0.3) is 5.69 Å². The van der Waals surface area contributed by atoms with E-state index >= 15 is 0 Å². The van der Waals surface area contributed by atoms with Gasteiger partial charge >= 0.3 is 0 Å². The summed E-state index contributed by atoms with van der Waals surface area (Å²) in [5, 5.41) is 16.5. The van der Waals surface area contributed by atoms with E-state index in [0.29, 0.717) is 23.5 Å². The minimum Gasteiger partial charge on any atom is -0.315 e. The van der Waals surface area contributed by atoms with E-state index in [2.05, 4.69) is 15.0 Å². The van der Waals surface area contributed by atoms with Crippen molar-refractivity contribution in [3.05, 3.63) is 124 Å². The predicted octanol–water partition coefficient (Wildman–Crippen LogP) is 6.63. The first-order valence-corrected chi connectivity index (χ1v) is 15.3. The van der Waals surface area contributed by atoms with Crippen molar-refractivity contribution in [1.82, 2.24) is 15.0 Å². The lowest BCUT2D eigenvalue weighted by Gasteiger charge is -2.13. The molecule has 2 N–H and O–H groups in total. The van der Waals surface area contributed by atoms with E-state index in [9.17, 15) is 18.5 Å². The molecule has 0 aliphatic carbocycles. The van der Waals surface area contributed by atoms with Crippen molar-refractivity contribution >= 4 is 38.1 Å². The number of nitro groups is 1. The molecule has 1 aromatic heterocycles. The minimum absolute atomic E-state index is 0.0269. The van der Waals surface area contributed by atoms with Gasteiger partial charge in [-0.05, 0) is 77.5 Å². The molecule has 0 saturated heterocycles. The van der Waals surface area contributed by atoms with Crippen LogP contribution in [0.2, 0.25) is 5.02 Å². The molecule has 0 spiro atoms. The number of sulfonamides is 1. The summed E-state index contributed by atoms with van der Waals surface area (Å²) in [7, 11) is -3.78. The Bertz CT molecular complexity index is 1830. The summed E-state index contributed by atoms with van der Waals surface area (Å²) in [6.45, 7) is 1.34. The summed E-state index contributed by atoms with van der Waals surface area (Å²) in [5.74, 6) is 0. The maximum Gasteiger partial charge on any atom is 0.270 e. The normalized spacial score (nSPS) is 11.5. The summed E-state index contributed by atoms with van der Waals surface area (Å²) in [5.41, 5.74) is 4.39. The van der Waals surface area contributed by atoms with Crippen molar-refractivity contribution in [3.63, 3.8) is 0 Å². The number of fused-ring (bicyclic) bond motifs is 1. The van der Waals surface area contributed by atoms with Crippen LogP contribution in [0.5, 0.6) is 0 Å². The molecule has 10 heteroatoms. The average molecular weight is 601 g/mol. The molecule has 8 nitrogen and oxygen atoms in total. The molecule has 0 radical (unpaired) electrons. The summed E-state index contributed by atoms with van der Waals surface area (Å²) in [4.78, 5) is 15.2. The number of pyridine rings is 1. The van der Waals surface area contributed by atoms with Gasteiger partial charge in [0, 0.05) is 53.4 Å². The largest absolute Gasteiger partial charge is 0.315 e. The Morgan fingerprint density at radius 3 is 2.45 bits per heavy atom. The summed E-state index contributed by atoms with van der Waals surface area (Å²) in [6, 6.07) is 27.1. The zero-order valence-corrected chi connectivity index (χ0v) is 24.2. The highest BCUT2D eigenvalue weighted by molar-refractivity contribution is 7.89. The number of aryl methyl sites for hydroxylation is 1. The molecule has 0 unspecified atom stereocenters. The zero-order valence-electron chi connectivity index (χ0n) is 22.7. The van der Waals surface area contributed by atoms with Crippen LogP contribution in [0.15, 0.2) is 108 Å². The van der Waals surface area contributed by atoms with Gasteiger partial charge in [0.15, 0.2) is 0 Å². The molecule has 0 atom stereocenters. The third-order valence-corrected chi connectivity index (χ3v) is 8.68. The van der Waals surface area contributed by atoms with E-state index in [1.54, 1.807) is 36.7 Å². The van der Waals surface area contributed by atoms with Crippen LogP contribution in [0.3, 0.4) is 0 Å². The molecule has 0 fully saturated rings. The van der Waals surface area contributed by atoms with E-state index < -0.39 is 14.9 Å². The van der Waals surface area contributed by atoms with Crippen molar-refractivity contribution in [2.45, 2.75) is 17.7 Å². The van der Waals surface area contributed by atoms with Gasteiger partial charge in [0.1, 0.15) is 0 Å². The zero-order chi connectivity index (χ0) is 29.5. The van der Waals surface area contributed by atoms with Gasteiger partial charge in [0.05, 0.1) is 9.82 Å². The van der Waals surface area contributed by atoms with Gasteiger partial charge in [-0.2, -0.15) is 0 Å². The van der Waals surface area contributed by atoms with E-state index in [4.69, 9.17) is 11.6 Å². The fraction of sp³-hybridized carbons (Fsp3) is 0.156. The van der Waals surface area contributed by atoms with Gasteiger partial charge in [0.2, 0.25) is 10.0 Å². The van der Waals surface area contributed by atoms with Crippen LogP contribution in [-0.4, -0.2) is 38.0 Å². The highest BCUT2D eigenvalue weighted by Crippen LogP contribution is 2.31. The van der Waals surface area contributed by atoms with Gasteiger partial charge in [-0.25, -0.2) is 13.1 Å². The van der Waals surface area contributed by atoms with Crippen LogP contribution in [-0.2, 0) is 16.4 Å². The molecule has 214 valence electrons. The van der Waals surface area contributed by atoms with Gasteiger partial charge in [-0.1, -0.05) is 60.1 Å². The Labute approximate surface area is 249 Å². The molecular weight excluding hydrogens is 572 g/mol. The van der Waals surface area contributed by atoms with Crippen LogP contribution in [0.4, 0.5) is 5.69 Å². The van der Waals surface area contributed by atoms with Crippen LogP contribution in [0, 0.1) is 10.1 Å². The fourth-order valence-corrected chi connectivity index (χ4v) is 6.35. The van der Waals surface area contributed by atoms with Crippen LogP contribution in [0.25, 0.3) is 33.0 Å². The minimum atomic E-state index is -3.78. The van der Waals surface area contributed by atoms with Crippen LogP contribution in [0.1, 0.15) is 12.0 Å². The molecule has 5 rings (SSSR count). The van der Waals surface area contributed by atoms with Crippen molar-refractivity contribution in [1.29, 1.82) is 0 Å². The van der Waals surface area contributed by atoms with E-state index in [1.165, 1.54) is 6.07 Å². The molecule has 42 heavy (non-hydrogen) atoms. The van der Waals surface area contributed by atoms with Crippen LogP contribution < -0.4 is 10.0 Å². The molecule has 0 aliphatic rings. The van der Waals surface area contributed by atoms with Gasteiger partial charge in [-0.15, -0.1) is 0 Å². The predicted molar refractivity (Wildman–Crippen MR) is 167 cm³/mol. The number of nitro benzene ring substituents is 1. The van der Waals surface area contributed by atoms with Crippen LogP contribution >= 0.6 is 11.6 Å². The molecule has 5 aromatic rings. The monoisotopic (exact) mass is 600 g/mol. The Balaban J connectivity index is 1.19. The SMILES string of the molecule is O=[N+]([O-])c1cccc(-c2cc(Cl)ccc2CCCNCCNS(=O)(=O)c2cc(-c3ccccc3)cc3cnccc23)c1. The number of benzene rings is 4. The second-order valence-electron chi connectivity index (χ2n) is 9.80. The molecule has 0 saturated carbocycles. The first-order chi connectivity index (χ1) is 20.3. The Morgan fingerprint density at radius 1 is 0.833 bits per heavy atom. The number of non-ortho nitro benzene ring substituents is 1. The lowest BCUT2D eigenvalue weighted by atomic mass is 9.96. The summed E-state index contributed by atoms with van der Waals surface area (Å²) >= 11 is 6.24. The van der Waals surface area contributed by atoms with Crippen molar-refractivity contribution in [2.24, 2.45) is 0 Å². The number of hydrogen-bond donors (Lipinski definition) is 2. The van der Waals surface area contributed by atoms with Crippen molar-refractivity contribution in [2.75, 3.05) is 19.6 Å². The first-order valence-electron chi connectivity index (χ1n) is 13.5.